The largest absolute Gasteiger partial charge is 0.386 e. The van der Waals surface area contributed by atoms with E-state index in [1.165, 1.54) is 7.11 Å². The van der Waals surface area contributed by atoms with E-state index in [-0.39, 0.29) is 0 Å². The third-order valence-electron chi connectivity index (χ3n) is 2.06. The lowest BCUT2D eigenvalue weighted by atomic mass is 10.0. The van der Waals surface area contributed by atoms with Crippen molar-refractivity contribution in [1.29, 1.82) is 0 Å². The van der Waals surface area contributed by atoms with Gasteiger partial charge in [0.25, 0.3) is 0 Å². The van der Waals surface area contributed by atoms with Gasteiger partial charge in [-0.3, -0.25) is 0 Å². The highest BCUT2D eigenvalue weighted by molar-refractivity contribution is 6.15. The fourth-order valence-corrected chi connectivity index (χ4v) is 1.48. The van der Waals surface area contributed by atoms with Crippen molar-refractivity contribution in [2.24, 2.45) is 0 Å². The zero-order valence-electron chi connectivity index (χ0n) is 7.57. The molecule has 1 aliphatic rings. The van der Waals surface area contributed by atoms with Crippen LogP contribution in [0.4, 0.5) is 0 Å². The van der Waals surface area contributed by atoms with Gasteiger partial charge in [-0.15, -0.1) is 0 Å². The Hall–Kier alpha value is -1.68. The predicted molar refractivity (Wildman–Crippen MR) is 46.9 cm³/mol. The number of methoxy groups -OCH3 is 1. The van der Waals surface area contributed by atoms with Crippen molar-refractivity contribution in [2.75, 3.05) is 7.11 Å². The Morgan fingerprint density at radius 2 is 2.07 bits per heavy atom. The Morgan fingerprint density at radius 3 is 2.79 bits per heavy atom. The summed E-state index contributed by atoms with van der Waals surface area (Å²) in [6.45, 7) is 0.297. The maximum atomic E-state index is 11.3. The van der Waals surface area contributed by atoms with Gasteiger partial charge in [-0.05, 0) is 11.6 Å². The first-order valence-corrected chi connectivity index (χ1v) is 4.11. The third kappa shape index (κ3) is 1.20. The van der Waals surface area contributed by atoms with Gasteiger partial charge in [0.15, 0.2) is 0 Å². The number of carbonyl (C=O) groups excluding carboxylic acids is 2. The minimum Gasteiger partial charge on any atom is -0.386 e. The van der Waals surface area contributed by atoms with E-state index in [9.17, 15) is 9.59 Å². The van der Waals surface area contributed by atoms with Crippen LogP contribution in [0, 0.1) is 0 Å². The Labute approximate surface area is 80.4 Å². The standard InChI is InChI=1S/C10H8O4/c1-13-5-6-3-2-4-7-8(6)10(12)14-9(7)11/h2-4H,5H2,1H3. The van der Waals surface area contributed by atoms with Crippen molar-refractivity contribution in [1.82, 2.24) is 0 Å². The van der Waals surface area contributed by atoms with Crippen LogP contribution < -0.4 is 0 Å². The van der Waals surface area contributed by atoms with Gasteiger partial charge in [-0.25, -0.2) is 9.59 Å². The molecule has 4 heteroatoms. The summed E-state index contributed by atoms with van der Waals surface area (Å²) in [5, 5.41) is 0. The van der Waals surface area contributed by atoms with Crippen LogP contribution in [-0.4, -0.2) is 19.0 Å². The van der Waals surface area contributed by atoms with E-state index in [0.717, 1.165) is 0 Å². The van der Waals surface area contributed by atoms with Gasteiger partial charge in [0.1, 0.15) is 0 Å². The second-order valence-electron chi connectivity index (χ2n) is 2.95. The van der Waals surface area contributed by atoms with Crippen molar-refractivity contribution < 1.29 is 19.1 Å². The number of ether oxygens (including phenoxy) is 2. The van der Waals surface area contributed by atoms with Gasteiger partial charge in [0.05, 0.1) is 17.7 Å². The molecule has 1 aromatic carbocycles. The van der Waals surface area contributed by atoms with Crippen LogP contribution in [0.5, 0.6) is 0 Å². The molecule has 1 aromatic rings. The zero-order chi connectivity index (χ0) is 10.1. The first-order chi connectivity index (χ1) is 6.74. The first kappa shape index (κ1) is 8.90. The summed E-state index contributed by atoms with van der Waals surface area (Å²) in [6, 6.07) is 5.01. The lowest BCUT2D eigenvalue weighted by molar-refractivity contribution is 0.0442. The quantitative estimate of drug-likeness (QED) is 0.521. The van der Waals surface area contributed by atoms with Gasteiger partial charge in [-0.2, -0.15) is 0 Å². The number of hydrogen-bond acceptors (Lipinski definition) is 4. The summed E-state index contributed by atoms with van der Waals surface area (Å²) in [7, 11) is 1.53. The number of fused-ring (bicyclic) bond motifs is 1. The molecule has 1 heterocycles. The lowest BCUT2D eigenvalue weighted by Gasteiger charge is -2.02. The smallest absolute Gasteiger partial charge is 0.347 e. The number of rotatable bonds is 2. The molecule has 0 spiro atoms. The highest BCUT2D eigenvalue weighted by atomic mass is 16.6. The number of esters is 2. The third-order valence-corrected chi connectivity index (χ3v) is 2.06. The molecule has 0 fully saturated rings. The molecule has 0 saturated carbocycles. The Bertz CT molecular complexity index is 409. The van der Waals surface area contributed by atoms with Crippen LogP contribution in [0.1, 0.15) is 26.3 Å². The average Bonchev–Trinajstić information content (AvgIpc) is 2.44. The summed E-state index contributed by atoms with van der Waals surface area (Å²) in [5.41, 5.74) is 1.34. The van der Waals surface area contributed by atoms with Crippen LogP contribution in [0.25, 0.3) is 0 Å². The maximum absolute atomic E-state index is 11.3. The molecule has 72 valence electrons. The molecule has 0 amide bonds. The van der Waals surface area contributed by atoms with E-state index < -0.39 is 11.9 Å². The molecule has 4 nitrogen and oxygen atoms in total. The van der Waals surface area contributed by atoms with Crippen molar-refractivity contribution in [2.45, 2.75) is 6.61 Å². The number of hydrogen-bond donors (Lipinski definition) is 0. The highest BCUT2D eigenvalue weighted by Gasteiger charge is 2.31. The number of cyclic esters (lactones) is 2. The Balaban J connectivity index is 2.56. The Morgan fingerprint density at radius 1 is 1.29 bits per heavy atom. The molecule has 0 bridgehead atoms. The fraction of sp³-hybridized carbons (Fsp3) is 0.200. The van der Waals surface area contributed by atoms with Crippen molar-refractivity contribution in [3.63, 3.8) is 0 Å². The predicted octanol–water partition coefficient (Wildman–Crippen LogP) is 1.14. The first-order valence-electron chi connectivity index (χ1n) is 4.11. The van der Waals surface area contributed by atoms with Crippen LogP contribution >= 0.6 is 0 Å². The van der Waals surface area contributed by atoms with Crippen molar-refractivity contribution in [3.05, 3.63) is 34.9 Å². The molecule has 1 aliphatic heterocycles. The second-order valence-corrected chi connectivity index (χ2v) is 2.95. The molecule has 0 saturated heterocycles. The minimum absolute atomic E-state index is 0.297. The number of benzene rings is 1. The van der Waals surface area contributed by atoms with Gasteiger partial charge in [0, 0.05) is 7.11 Å². The fourth-order valence-electron chi connectivity index (χ4n) is 1.48. The maximum Gasteiger partial charge on any atom is 0.347 e. The lowest BCUT2D eigenvalue weighted by Crippen LogP contribution is -2.01. The molecule has 14 heavy (non-hydrogen) atoms. The van der Waals surface area contributed by atoms with Crippen molar-refractivity contribution >= 4 is 11.9 Å². The van der Waals surface area contributed by atoms with Gasteiger partial charge in [-0.1, -0.05) is 12.1 Å². The van der Waals surface area contributed by atoms with E-state index in [1.807, 2.05) is 0 Å². The van der Waals surface area contributed by atoms with Crippen LogP contribution in [0.2, 0.25) is 0 Å². The molecular weight excluding hydrogens is 184 g/mol. The topological polar surface area (TPSA) is 52.6 Å². The molecular formula is C10H8O4. The molecule has 0 atom stereocenters. The average molecular weight is 192 g/mol. The van der Waals surface area contributed by atoms with E-state index in [0.29, 0.717) is 23.3 Å². The summed E-state index contributed by atoms with van der Waals surface area (Å²) >= 11 is 0. The Kier molecular flexibility index (Phi) is 2.05. The highest BCUT2D eigenvalue weighted by Crippen LogP contribution is 2.23. The van der Waals surface area contributed by atoms with Gasteiger partial charge >= 0.3 is 11.9 Å². The molecule has 2 rings (SSSR count). The van der Waals surface area contributed by atoms with E-state index >= 15 is 0 Å². The normalized spacial score (nSPS) is 14.1. The summed E-state index contributed by atoms with van der Waals surface area (Å²) in [6.07, 6.45) is 0. The van der Waals surface area contributed by atoms with Gasteiger partial charge in [0.2, 0.25) is 0 Å². The second kappa shape index (κ2) is 3.23. The van der Waals surface area contributed by atoms with Crippen LogP contribution in [-0.2, 0) is 16.1 Å². The molecule has 0 unspecified atom stereocenters. The summed E-state index contributed by atoms with van der Waals surface area (Å²) < 4.78 is 9.40. The van der Waals surface area contributed by atoms with Gasteiger partial charge < -0.3 is 9.47 Å². The van der Waals surface area contributed by atoms with Crippen LogP contribution in [0.15, 0.2) is 18.2 Å². The molecule has 0 N–H and O–H groups in total. The number of carbonyl (C=O) groups is 2. The zero-order valence-corrected chi connectivity index (χ0v) is 7.57. The molecule has 0 aromatic heterocycles. The molecule has 0 aliphatic carbocycles. The van der Waals surface area contributed by atoms with E-state index in [2.05, 4.69) is 4.74 Å². The summed E-state index contributed by atoms with van der Waals surface area (Å²) in [4.78, 5) is 22.4. The van der Waals surface area contributed by atoms with Crippen LogP contribution in [0.3, 0.4) is 0 Å². The van der Waals surface area contributed by atoms with Crippen molar-refractivity contribution in [3.8, 4) is 0 Å². The minimum atomic E-state index is -0.586. The summed E-state index contributed by atoms with van der Waals surface area (Å²) in [5.74, 6) is -1.17. The monoisotopic (exact) mass is 192 g/mol. The molecule has 0 radical (unpaired) electrons. The van der Waals surface area contributed by atoms with E-state index in [4.69, 9.17) is 4.74 Å². The van der Waals surface area contributed by atoms with E-state index in [1.54, 1.807) is 18.2 Å². The SMILES string of the molecule is COCc1cccc2c1C(=O)OC2=O.